The Morgan fingerprint density at radius 1 is 1.00 bits per heavy atom. The molecular formula is C25H23N5O2S. The fourth-order valence-corrected chi connectivity index (χ4v) is 4.12. The monoisotopic (exact) mass is 457 g/mol. The molecule has 1 amide bonds. The lowest BCUT2D eigenvalue weighted by molar-refractivity contribution is -0.115. The summed E-state index contributed by atoms with van der Waals surface area (Å²) in [6, 6.07) is 18.7. The van der Waals surface area contributed by atoms with Gasteiger partial charge in [-0.25, -0.2) is 0 Å². The normalized spacial score (nSPS) is 10.7. The molecule has 0 bridgehead atoms. The van der Waals surface area contributed by atoms with Crippen molar-refractivity contribution in [1.82, 2.24) is 19.7 Å². The number of aryl methyl sites for hydroxylation is 1. The molecule has 2 aromatic heterocycles. The number of amides is 1. The molecule has 0 fully saturated rings. The van der Waals surface area contributed by atoms with Crippen molar-refractivity contribution in [2.75, 3.05) is 11.1 Å². The molecular weight excluding hydrogens is 434 g/mol. The molecule has 1 N–H and O–H groups in total. The van der Waals surface area contributed by atoms with E-state index in [9.17, 15) is 9.59 Å². The Morgan fingerprint density at radius 3 is 2.48 bits per heavy atom. The van der Waals surface area contributed by atoms with Crippen LogP contribution in [0.25, 0.3) is 17.1 Å². The maximum atomic E-state index is 12.8. The predicted molar refractivity (Wildman–Crippen MR) is 130 cm³/mol. The number of hydrogen-bond acceptors (Lipinski definition) is 6. The number of benzene rings is 2. The summed E-state index contributed by atoms with van der Waals surface area (Å²) < 4.78 is 1.97. The van der Waals surface area contributed by atoms with Crippen molar-refractivity contribution in [3.63, 3.8) is 0 Å². The van der Waals surface area contributed by atoms with E-state index in [0.717, 1.165) is 16.8 Å². The molecule has 0 aliphatic heterocycles. The zero-order valence-corrected chi connectivity index (χ0v) is 19.2. The van der Waals surface area contributed by atoms with Crippen molar-refractivity contribution in [1.29, 1.82) is 0 Å². The highest BCUT2D eigenvalue weighted by Crippen LogP contribution is 2.29. The summed E-state index contributed by atoms with van der Waals surface area (Å²) in [7, 11) is 0. The Labute approximate surface area is 196 Å². The van der Waals surface area contributed by atoms with Gasteiger partial charge in [0, 0.05) is 35.6 Å². The number of carbonyl (C=O) groups excluding carboxylic acids is 2. The van der Waals surface area contributed by atoms with Crippen molar-refractivity contribution in [2.24, 2.45) is 0 Å². The highest BCUT2D eigenvalue weighted by molar-refractivity contribution is 7.99. The zero-order valence-electron chi connectivity index (χ0n) is 18.4. The molecule has 0 unspecified atom stereocenters. The molecule has 0 aliphatic carbocycles. The maximum absolute atomic E-state index is 12.8. The standard InChI is InChI=1S/C25H23N5O2S/c1-3-23(32)27-20-12-10-18(11-13-20)22(31)16-33-25-29-28-24(19-8-6-14-26-15-19)30(25)21-9-5-4-7-17(21)2/h4-15H,3,16H2,1-2H3,(H,27,32). The lowest BCUT2D eigenvalue weighted by Gasteiger charge is -2.12. The summed E-state index contributed by atoms with van der Waals surface area (Å²) in [4.78, 5) is 28.6. The minimum atomic E-state index is -0.0652. The molecule has 0 saturated heterocycles. The van der Waals surface area contributed by atoms with Crippen LogP contribution >= 0.6 is 11.8 Å². The summed E-state index contributed by atoms with van der Waals surface area (Å²) >= 11 is 1.34. The van der Waals surface area contributed by atoms with E-state index in [0.29, 0.717) is 28.7 Å². The molecule has 0 aliphatic rings. The molecule has 0 saturated carbocycles. The van der Waals surface area contributed by atoms with Gasteiger partial charge < -0.3 is 5.32 Å². The first-order valence-corrected chi connectivity index (χ1v) is 11.5. The predicted octanol–water partition coefficient (Wildman–Crippen LogP) is 4.96. The van der Waals surface area contributed by atoms with Gasteiger partial charge >= 0.3 is 0 Å². The van der Waals surface area contributed by atoms with Gasteiger partial charge in [0.25, 0.3) is 0 Å². The number of rotatable bonds is 8. The van der Waals surface area contributed by atoms with Gasteiger partial charge in [-0.2, -0.15) is 0 Å². The molecule has 2 heterocycles. The fraction of sp³-hybridized carbons (Fsp3) is 0.160. The van der Waals surface area contributed by atoms with E-state index in [2.05, 4.69) is 20.5 Å². The number of carbonyl (C=O) groups is 2. The summed E-state index contributed by atoms with van der Waals surface area (Å²) in [5, 5.41) is 12.2. The first kappa shape index (κ1) is 22.4. The molecule has 0 atom stereocenters. The Bertz CT molecular complexity index is 1270. The third-order valence-corrected chi connectivity index (χ3v) is 5.98. The second-order valence-electron chi connectivity index (χ2n) is 7.36. The lowest BCUT2D eigenvalue weighted by atomic mass is 10.1. The van der Waals surface area contributed by atoms with Crippen LogP contribution in [-0.4, -0.2) is 37.2 Å². The SMILES string of the molecule is CCC(=O)Nc1ccc(C(=O)CSc2nnc(-c3cccnc3)n2-c2ccccc2C)cc1. The van der Waals surface area contributed by atoms with Crippen molar-refractivity contribution < 1.29 is 9.59 Å². The number of nitrogens with one attached hydrogen (secondary N) is 1. The lowest BCUT2D eigenvalue weighted by Crippen LogP contribution is -2.10. The average molecular weight is 458 g/mol. The molecule has 0 spiro atoms. The Kier molecular flexibility index (Phi) is 6.95. The highest BCUT2D eigenvalue weighted by atomic mass is 32.2. The fourth-order valence-electron chi connectivity index (χ4n) is 3.28. The van der Waals surface area contributed by atoms with E-state index in [1.807, 2.05) is 47.9 Å². The van der Waals surface area contributed by atoms with Gasteiger partial charge in [-0.05, 0) is 55.0 Å². The number of anilines is 1. The second kappa shape index (κ2) is 10.2. The van der Waals surface area contributed by atoms with Crippen molar-refractivity contribution in [3.8, 4) is 17.1 Å². The third-order valence-electron chi connectivity index (χ3n) is 5.05. The van der Waals surface area contributed by atoms with Gasteiger partial charge in [-0.3, -0.25) is 19.1 Å². The van der Waals surface area contributed by atoms with E-state index in [-0.39, 0.29) is 17.4 Å². The van der Waals surface area contributed by atoms with Crippen LogP contribution in [0.5, 0.6) is 0 Å². The van der Waals surface area contributed by atoms with E-state index in [1.54, 1.807) is 43.6 Å². The first-order chi connectivity index (χ1) is 16.1. The molecule has 2 aromatic carbocycles. The Balaban J connectivity index is 1.57. The first-order valence-electron chi connectivity index (χ1n) is 10.5. The minimum Gasteiger partial charge on any atom is -0.326 e. The Morgan fingerprint density at radius 2 is 1.79 bits per heavy atom. The molecule has 7 nitrogen and oxygen atoms in total. The van der Waals surface area contributed by atoms with E-state index in [1.165, 1.54) is 11.8 Å². The van der Waals surface area contributed by atoms with Crippen LogP contribution in [0.4, 0.5) is 5.69 Å². The summed E-state index contributed by atoms with van der Waals surface area (Å²) in [6.45, 7) is 3.82. The number of nitrogens with zero attached hydrogens (tertiary/aromatic N) is 4. The summed E-state index contributed by atoms with van der Waals surface area (Å²) in [6.07, 6.45) is 3.86. The van der Waals surface area contributed by atoms with Gasteiger partial charge in [-0.15, -0.1) is 10.2 Å². The van der Waals surface area contributed by atoms with Crippen LogP contribution < -0.4 is 5.32 Å². The van der Waals surface area contributed by atoms with Crippen molar-refractivity contribution in [3.05, 3.63) is 84.2 Å². The van der Waals surface area contributed by atoms with Gasteiger partial charge in [0.2, 0.25) is 5.91 Å². The molecule has 8 heteroatoms. The molecule has 0 radical (unpaired) electrons. The van der Waals surface area contributed by atoms with Crippen LogP contribution in [0.2, 0.25) is 0 Å². The maximum Gasteiger partial charge on any atom is 0.224 e. The van der Waals surface area contributed by atoms with E-state index >= 15 is 0 Å². The smallest absolute Gasteiger partial charge is 0.224 e. The molecule has 4 aromatic rings. The number of aromatic nitrogens is 4. The van der Waals surface area contributed by atoms with Gasteiger partial charge in [0.15, 0.2) is 16.8 Å². The van der Waals surface area contributed by atoms with E-state index < -0.39 is 0 Å². The highest BCUT2D eigenvalue weighted by Gasteiger charge is 2.19. The summed E-state index contributed by atoms with van der Waals surface area (Å²) in [5.41, 5.74) is 4.11. The molecule has 33 heavy (non-hydrogen) atoms. The van der Waals surface area contributed by atoms with Crippen molar-refractivity contribution in [2.45, 2.75) is 25.4 Å². The topological polar surface area (TPSA) is 89.8 Å². The number of para-hydroxylation sites is 1. The third kappa shape index (κ3) is 5.18. The number of thioether (sulfide) groups is 1. The Hall–Kier alpha value is -3.78. The van der Waals surface area contributed by atoms with Crippen LogP contribution in [0, 0.1) is 6.92 Å². The number of Topliss-reactive ketones (excluding diaryl/α,β-unsaturated/α-hetero) is 1. The average Bonchev–Trinajstić information content (AvgIpc) is 3.27. The van der Waals surface area contributed by atoms with Crippen LogP contribution in [0.15, 0.2) is 78.2 Å². The largest absolute Gasteiger partial charge is 0.326 e. The molecule has 166 valence electrons. The minimum absolute atomic E-state index is 0.0318. The van der Waals surface area contributed by atoms with Crippen LogP contribution in [0.1, 0.15) is 29.3 Å². The van der Waals surface area contributed by atoms with Crippen LogP contribution in [-0.2, 0) is 4.79 Å². The van der Waals surface area contributed by atoms with Crippen molar-refractivity contribution >= 4 is 29.1 Å². The van der Waals surface area contributed by atoms with Gasteiger partial charge in [0.1, 0.15) is 0 Å². The number of pyridine rings is 1. The van der Waals surface area contributed by atoms with Gasteiger partial charge in [-0.1, -0.05) is 36.9 Å². The van der Waals surface area contributed by atoms with E-state index in [4.69, 9.17) is 0 Å². The van der Waals surface area contributed by atoms with Crippen LogP contribution in [0.3, 0.4) is 0 Å². The number of hydrogen-bond donors (Lipinski definition) is 1. The van der Waals surface area contributed by atoms with Gasteiger partial charge in [0.05, 0.1) is 11.4 Å². The number of ketones is 1. The quantitative estimate of drug-likeness (QED) is 0.297. The second-order valence-corrected chi connectivity index (χ2v) is 8.30. The zero-order chi connectivity index (χ0) is 23.2. The molecule has 4 rings (SSSR count). The summed E-state index contributed by atoms with van der Waals surface area (Å²) in [5.74, 6) is 0.779.